The molecule has 0 N–H and O–H groups in total. The summed E-state index contributed by atoms with van der Waals surface area (Å²) >= 11 is 6.15. The van der Waals surface area contributed by atoms with Gasteiger partial charge in [0, 0.05) is 10.1 Å². The molecule has 0 heterocycles. The van der Waals surface area contributed by atoms with Crippen molar-refractivity contribution in [2.75, 3.05) is 6.26 Å². The maximum atomic E-state index is 4.37. The van der Waals surface area contributed by atoms with Crippen LogP contribution in [0.2, 0.25) is 0 Å². The normalized spacial score (nSPS) is 12.9. The van der Waals surface area contributed by atoms with E-state index in [2.05, 4.69) is 50.1 Å². The number of thiol groups is 1. The Hall–Kier alpha value is -0.0800. The second-order valence-electron chi connectivity index (χ2n) is 2.90. The van der Waals surface area contributed by atoms with E-state index in [1.165, 1.54) is 10.5 Å². The molecule has 1 atom stereocenters. The van der Waals surface area contributed by atoms with Crippen LogP contribution in [0.3, 0.4) is 0 Å². The van der Waals surface area contributed by atoms with Crippen molar-refractivity contribution in [2.45, 2.75) is 23.5 Å². The number of rotatable bonds is 3. The number of hydrogen-bond acceptors (Lipinski definition) is 2. The fraction of sp³-hybridized carbons (Fsp3) is 0.400. The molecule has 0 saturated carbocycles. The van der Waals surface area contributed by atoms with Gasteiger partial charge in [-0.2, -0.15) is 12.6 Å². The van der Waals surface area contributed by atoms with Crippen molar-refractivity contribution in [3.63, 3.8) is 0 Å². The molecule has 0 aromatic heterocycles. The highest BCUT2D eigenvalue weighted by Crippen LogP contribution is 2.17. The van der Waals surface area contributed by atoms with Gasteiger partial charge in [-0.25, -0.2) is 0 Å². The quantitative estimate of drug-likeness (QED) is 0.574. The molecule has 1 unspecified atom stereocenters. The number of hydrogen-bond donors (Lipinski definition) is 1. The first-order valence-electron chi connectivity index (χ1n) is 4.03. The fourth-order valence-corrected chi connectivity index (χ4v) is 1.84. The van der Waals surface area contributed by atoms with Gasteiger partial charge in [0.2, 0.25) is 0 Å². The van der Waals surface area contributed by atoms with Gasteiger partial charge < -0.3 is 0 Å². The SMILES string of the molecule is CSc1cccc(CC(C)S)c1. The molecular weight excluding hydrogens is 184 g/mol. The van der Waals surface area contributed by atoms with Crippen molar-refractivity contribution in [1.29, 1.82) is 0 Å². The maximum Gasteiger partial charge on any atom is 0.00718 e. The Kier molecular flexibility index (Phi) is 4.02. The molecule has 0 aliphatic carbocycles. The van der Waals surface area contributed by atoms with E-state index in [-0.39, 0.29) is 0 Å². The zero-order chi connectivity index (χ0) is 8.97. The van der Waals surface area contributed by atoms with E-state index < -0.39 is 0 Å². The monoisotopic (exact) mass is 198 g/mol. The molecule has 0 saturated heterocycles. The molecule has 0 nitrogen and oxygen atoms in total. The predicted molar refractivity (Wildman–Crippen MR) is 60.4 cm³/mol. The summed E-state index contributed by atoms with van der Waals surface area (Å²) in [6.07, 6.45) is 3.15. The Morgan fingerprint density at radius 1 is 1.50 bits per heavy atom. The molecule has 1 aromatic rings. The van der Waals surface area contributed by atoms with Gasteiger partial charge in [-0.3, -0.25) is 0 Å². The van der Waals surface area contributed by atoms with Gasteiger partial charge in [0.15, 0.2) is 0 Å². The Labute approximate surface area is 84.2 Å². The second-order valence-corrected chi connectivity index (χ2v) is 4.67. The number of thioether (sulfide) groups is 1. The molecule has 0 amide bonds. The van der Waals surface area contributed by atoms with Crippen molar-refractivity contribution in [2.24, 2.45) is 0 Å². The van der Waals surface area contributed by atoms with Crippen LogP contribution in [0.4, 0.5) is 0 Å². The lowest BCUT2D eigenvalue weighted by Gasteiger charge is -2.05. The summed E-state index contributed by atoms with van der Waals surface area (Å²) in [5.74, 6) is 0. The van der Waals surface area contributed by atoms with Crippen LogP contribution in [0.5, 0.6) is 0 Å². The molecule has 2 heteroatoms. The van der Waals surface area contributed by atoms with E-state index in [9.17, 15) is 0 Å². The molecule has 1 rings (SSSR count). The third-order valence-electron chi connectivity index (χ3n) is 1.67. The van der Waals surface area contributed by atoms with Crippen LogP contribution < -0.4 is 0 Å². The van der Waals surface area contributed by atoms with E-state index in [0.29, 0.717) is 5.25 Å². The fourth-order valence-electron chi connectivity index (χ4n) is 1.14. The van der Waals surface area contributed by atoms with Gasteiger partial charge >= 0.3 is 0 Å². The minimum absolute atomic E-state index is 0.446. The van der Waals surface area contributed by atoms with Crippen molar-refractivity contribution in [1.82, 2.24) is 0 Å². The molecule has 66 valence electrons. The highest BCUT2D eigenvalue weighted by atomic mass is 32.2. The molecule has 12 heavy (non-hydrogen) atoms. The maximum absolute atomic E-state index is 4.37. The van der Waals surface area contributed by atoms with Crippen molar-refractivity contribution in [3.05, 3.63) is 29.8 Å². The van der Waals surface area contributed by atoms with Gasteiger partial charge in [-0.15, -0.1) is 11.8 Å². The van der Waals surface area contributed by atoms with E-state index in [1.807, 2.05) is 0 Å². The number of benzene rings is 1. The van der Waals surface area contributed by atoms with E-state index in [4.69, 9.17) is 0 Å². The minimum Gasteiger partial charge on any atom is -0.176 e. The Bertz CT molecular complexity index is 243. The summed E-state index contributed by atoms with van der Waals surface area (Å²) in [4.78, 5) is 1.33. The van der Waals surface area contributed by atoms with Crippen LogP contribution in [-0.2, 0) is 6.42 Å². The molecule has 0 aliphatic rings. The van der Waals surface area contributed by atoms with Crippen LogP contribution in [0, 0.1) is 0 Å². The average Bonchev–Trinajstić information content (AvgIpc) is 2.03. The molecule has 0 radical (unpaired) electrons. The lowest BCUT2D eigenvalue weighted by molar-refractivity contribution is 0.946. The van der Waals surface area contributed by atoms with Gasteiger partial charge in [-0.05, 0) is 30.4 Å². The second kappa shape index (κ2) is 4.83. The molecular formula is C10H14S2. The highest BCUT2D eigenvalue weighted by Gasteiger charge is 1.98. The zero-order valence-electron chi connectivity index (χ0n) is 7.45. The minimum atomic E-state index is 0.446. The summed E-state index contributed by atoms with van der Waals surface area (Å²) in [7, 11) is 0. The highest BCUT2D eigenvalue weighted by molar-refractivity contribution is 7.98. The van der Waals surface area contributed by atoms with Gasteiger partial charge in [-0.1, -0.05) is 19.1 Å². The van der Waals surface area contributed by atoms with Gasteiger partial charge in [0.25, 0.3) is 0 Å². The van der Waals surface area contributed by atoms with Crippen LogP contribution in [-0.4, -0.2) is 11.5 Å². The first kappa shape index (κ1) is 10.0. The third-order valence-corrected chi connectivity index (χ3v) is 2.57. The summed E-state index contributed by atoms with van der Waals surface area (Å²) in [5.41, 5.74) is 1.38. The summed E-state index contributed by atoms with van der Waals surface area (Å²) in [6.45, 7) is 2.12. The molecule has 0 bridgehead atoms. The lowest BCUT2D eigenvalue weighted by atomic mass is 10.1. The summed E-state index contributed by atoms with van der Waals surface area (Å²) in [5, 5.41) is 0.446. The molecule has 0 aliphatic heterocycles. The lowest BCUT2D eigenvalue weighted by Crippen LogP contribution is -1.96. The predicted octanol–water partition coefficient (Wildman–Crippen LogP) is 3.27. The smallest absolute Gasteiger partial charge is 0.00718 e. The standard InChI is InChI=1S/C10H14S2/c1-8(11)6-9-4-3-5-10(7-9)12-2/h3-5,7-8,11H,6H2,1-2H3. The van der Waals surface area contributed by atoms with E-state index >= 15 is 0 Å². The summed E-state index contributed by atoms with van der Waals surface area (Å²) in [6, 6.07) is 8.64. The first-order valence-corrected chi connectivity index (χ1v) is 5.77. The molecule has 1 aromatic carbocycles. The largest absolute Gasteiger partial charge is 0.176 e. The Morgan fingerprint density at radius 3 is 2.83 bits per heavy atom. The van der Waals surface area contributed by atoms with Crippen molar-refractivity contribution >= 4 is 24.4 Å². The first-order chi connectivity index (χ1) is 5.72. The molecule has 0 fully saturated rings. The zero-order valence-corrected chi connectivity index (χ0v) is 9.16. The van der Waals surface area contributed by atoms with Crippen LogP contribution in [0.25, 0.3) is 0 Å². The van der Waals surface area contributed by atoms with Crippen LogP contribution in [0.15, 0.2) is 29.2 Å². The average molecular weight is 198 g/mol. The molecule has 0 spiro atoms. The summed E-state index contributed by atoms with van der Waals surface area (Å²) < 4.78 is 0. The van der Waals surface area contributed by atoms with Crippen LogP contribution >= 0.6 is 24.4 Å². The van der Waals surface area contributed by atoms with Gasteiger partial charge in [0.05, 0.1) is 0 Å². The van der Waals surface area contributed by atoms with Crippen molar-refractivity contribution < 1.29 is 0 Å². The topological polar surface area (TPSA) is 0 Å². The third kappa shape index (κ3) is 3.11. The van der Waals surface area contributed by atoms with Gasteiger partial charge in [0.1, 0.15) is 0 Å². The van der Waals surface area contributed by atoms with E-state index in [0.717, 1.165) is 6.42 Å². The van der Waals surface area contributed by atoms with Crippen molar-refractivity contribution in [3.8, 4) is 0 Å². The Balaban J connectivity index is 2.72. The Morgan fingerprint density at radius 2 is 2.25 bits per heavy atom. The van der Waals surface area contributed by atoms with Crippen LogP contribution in [0.1, 0.15) is 12.5 Å². The van der Waals surface area contributed by atoms with E-state index in [1.54, 1.807) is 11.8 Å².